The van der Waals surface area contributed by atoms with Crippen LogP contribution in [0.4, 0.5) is 5.69 Å². The molecule has 0 aliphatic carbocycles. The molecular formula is C14H20ClNO2. The average Bonchev–Trinajstić information content (AvgIpc) is 2.73. The smallest absolute Gasteiger partial charge is 0.143 e. The zero-order valence-corrected chi connectivity index (χ0v) is 11.9. The molecule has 0 spiro atoms. The minimum absolute atomic E-state index is 0.243. The molecule has 0 saturated carbocycles. The third kappa shape index (κ3) is 2.29. The monoisotopic (exact) mass is 269 g/mol. The molecular weight excluding hydrogens is 250 g/mol. The molecule has 100 valence electrons. The van der Waals surface area contributed by atoms with Gasteiger partial charge in [-0.1, -0.05) is 11.6 Å². The number of hydrogen-bond acceptors (Lipinski definition) is 3. The maximum Gasteiger partial charge on any atom is 0.143 e. The number of anilines is 1. The predicted octanol–water partition coefficient (Wildman–Crippen LogP) is 2.86. The van der Waals surface area contributed by atoms with E-state index in [1.807, 2.05) is 13.0 Å². The third-order valence-corrected chi connectivity index (χ3v) is 4.33. The number of halogens is 1. The molecule has 2 rings (SSSR count). The lowest BCUT2D eigenvalue weighted by atomic mass is 10.0. The molecule has 2 unspecified atom stereocenters. The number of hydrogen-bond donors (Lipinski definition) is 1. The van der Waals surface area contributed by atoms with Crippen LogP contribution in [0.2, 0.25) is 5.02 Å². The van der Waals surface area contributed by atoms with Gasteiger partial charge in [0.15, 0.2) is 0 Å². The molecule has 1 aromatic carbocycles. The van der Waals surface area contributed by atoms with Gasteiger partial charge in [0.2, 0.25) is 0 Å². The summed E-state index contributed by atoms with van der Waals surface area (Å²) in [6, 6.07) is 4.26. The molecule has 1 fully saturated rings. The van der Waals surface area contributed by atoms with Gasteiger partial charge in [-0.05, 0) is 31.9 Å². The number of ether oxygens (including phenoxy) is 1. The van der Waals surface area contributed by atoms with E-state index in [2.05, 4.69) is 17.9 Å². The van der Waals surface area contributed by atoms with Crippen LogP contribution >= 0.6 is 11.6 Å². The fraction of sp³-hybridized carbons (Fsp3) is 0.571. The van der Waals surface area contributed by atoms with Gasteiger partial charge in [-0.25, -0.2) is 0 Å². The van der Waals surface area contributed by atoms with Gasteiger partial charge in [-0.3, -0.25) is 0 Å². The van der Waals surface area contributed by atoms with Gasteiger partial charge in [-0.2, -0.15) is 0 Å². The van der Waals surface area contributed by atoms with E-state index in [9.17, 15) is 5.11 Å². The summed E-state index contributed by atoms with van der Waals surface area (Å²) in [6.07, 6.45) is 1.02. The quantitative estimate of drug-likeness (QED) is 0.916. The Bertz CT molecular complexity index is 436. The average molecular weight is 270 g/mol. The Morgan fingerprint density at radius 1 is 1.50 bits per heavy atom. The fourth-order valence-corrected chi connectivity index (χ4v) is 2.78. The van der Waals surface area contributed by atoms with Crippen LogP contribution in [0.25, 0.3) is 0 Å². The standard InChI is InChI=1S/C14H20ClNO2/c1-9-6-13(14(18-3)7-12(9)15)16-5-4-11(8-17)10(16)2/h6-7,10-11,17H,4-5,8H2,1-3H3. The summed E-state index contributed by atoms with van der Waals surface area (Å²) in [5, 5.41) is 10.1. The summed E-state index contributed by atoms with van der Waals surface area (Å²) in [4.78, 5) is 2.29. The van der Waals surface area contributed by atoms with Crippen molar-refractivity contribution in [2.75, 3.05) is 25.2 Å². The first kappa shape index (κ1) is 13.5. The number of aliphatic hydroxyl groups is 1. The van der Waals surface area contributed by atoms with Crippen LogP contribution in [0.15, 0.2) is 12.1 Å². The Labute approximate surface area is 113 Å². The van der Waals surface area contributed by atoms with Crippen LogP contribution in [0.5, 0.6) is 5.75 Å². The molecule has 2 atom stereocenters. The van der Waals surface area contributed by atoms with Crippen molar-refractivity contribution in [2.24, 2.45) is 5.92 Å². The van der Waals surface area contributed by atoms with E-state index < -0.39 is 0 Å². The van der Waals surface area contributed by atoms with Crippen LogP contribution in [0.3, 0.4) is 0 Å². The molecule has 1 saturated heterocycles. The van der Waals surface area contributed by atoms with Gasteiger partial charge in [0, 0.05) is 36.2 Å². The number of rotatable bonds is 3. The molecule has 0 radical (unpaired) electrons. The number of methoxy groups -OCH3 is 1. The van der Waals surface area contributed by atoms with Gasteiger partial charge in [0.1, 0.15) is 5.75 Å². The van der Waals surface area contributed by atoms with Crippen LogP contribution < -0.4 is 9.64 Å². The molecule has 1 N–H and O–H groups in total. The van der Waals surface area contributed by atoms with Crippen LogP contribution in [0.1, 0.15) is 18.9 Å². The molecule has 1 aromatic rings. The minimum Gasteiger partial charge on any atom is -0.495 e. The molecule has 4 heteroatoms. The maximum atomic E-state index is 9.35. The van der Waals surface area contributed by atoms with E-state index in [0.717, 1.165) is 35.0 Å². The normalized spacial score (nSPS) is 23.5. The first-order valence-corrected chi connectivity index (χ1v) is 6.68. The second-order valence-corrected chi connectivity index (χ2v) is 5.35. The molecule has 1 aliphatic heterocycles. The van der Waals surface area contributed by atoms with Crippen molar-refractivity contribution in [3.05, 3.63) is 22.7 Å². The van der Waals surface area contributed by atoms with E-state index in [-0.39, 0.29) is 6.61 Å². The Balaban J connectivity index is 2.36. The summed E-state index contributed by atoms with van der Waals surface area (Å²) in [7, 11) is 1.66. The first-order valence-electron chi connectivity index (χ1n) is 6.30. The number of aliphatic hydroxyl groups excluding tert-OH is 1. The molecule has 0 aromatic heterocycles. The minimum atomic E-state index is 0.243. The highest BCUT2D eigenvalue weighted by atomic mass is 35.5. The molecule has 1 aliphatic rings. The predicted molar refractivity (Wildman–Crippen MR) is 74.7 cm³/mol. The molecule has 1 heterocycles. The van der Waals surface area contributed by atoms with E-state index in [0.29, 0.717) is 12.0 Å². The molecule has 0 amide bonds. The Hall–Kier alpha value is -0.930. The first-order chi connectivity index (χ1) is 8.58. The van der Waals surface area contributed by atoms with Gasteiger partial charge in [0.05, 0.1) is 12.8 Å². The number of benzene rings is 1. The highest BCUT2D eigenvalue weighted by Crippen LogP contribution is 2.38. The van der Waals surface area contributed by atoms with Gasteiger partial charge in [-0.15, -0.1) is 0 Å². The van der Waals surface area contributed by atoms with Gasteiger partial charge < -0.3 is 14.7 Å². The molecule has 3 nitrogen and oxygen atoms in total. The van der Waals surface area contributed by atoms with E-state index >= 15 is 0 Å². The fourth-order valence-electron chi connectivity index (χ4n) is 2.62. The Morgan fingerprint density at radius 3 is 2.78 bits per heavy atom. The van der Waals surface area contributed by atoms with Crippen molar-refractivity contribution >= 4 is 17.3 Å². The second-order valence-electron chi connectivity index (χ2n) is 4.94. The zero-order valence-electron chi connectivity index (χ0n) is 11.1. The van der Waals surface area contributed by atoms with Crippen molar-refractivity contribution in [1.29, 1.82) is 0 Å². The summed E-state index contributed by atoms with van der Waals surface area (Å²) < 4.78 is 5.42. The highest BCUT2D eigenvalue weighted by Gasteiger charge is 2.31. The largest absolute Gasteiger partial charge is 0.495 e. The van der Waals surface area contributed by atoms with Crippen molar-refractivity contribution < 1.29 is 9.84 Å². The highest BCUT2D eigenvalue weighted by molar-refractivity contribution is 6.31. The lowest BCUT2D eigenvalue weighted by Gasteiger charge is -2.28. The van der Waals surface area contributed by atoms with Crippen LogP contribution in [0, 0.1) is 12.8 Å². The summed E-state index contributed by atoms with van der Waals surface area (Å²) >= 11 is 6.13. The Morgan fingerprint density at radius 2 is 2.22 bits per heavy atom. The van der Waals surface area contributed by atoms with E-state index in [1.54, 1.807) is 7.11 Å². The maximum absolute atomic E-state index is 9.35. The zero-order chi connectivity index (χ0) is 13.3. The van der Waals surface area contributed by atoms with Crippen LogP contribution in [-0.2, 0) is 0 Å². The van der Waals surface area contributed by atoms with Gasteiger partial charge >= 0.3 is 0 Å². The number of nitrogens with zero attached hydrogens (tertiary/aromatic N) is 1. The van der Waals surface area contributed by atoms with Crippen molar-refractivity contribution in [2.45, 2.75) is 26.3 Å². The summed E-state index contributed by atoms with van der Waals surface area (Å²) in [5.74, 6) is 1.14. The second kappa shape index (κ2) is 5.37. The Kier molecular flexibility index (Phi) is 4.03. The summed E-state index contributed by atoms with van der Waals surface area (Å²) in [5.41, 5.74) is 2.12. The number of aryl methyl sites for hydroxylation is 1. The molecule has 0 bridgehead atoms. The third-order valence-electron chi connectivity index (χ3n) is 3.92. The van der Waals surface area contributed by atoms with Crippen molar-refractivity contribution in [1.82, 2.24) is 0 Å². The lowest BCUT2D eigenvalue weighted by Crippen LogP contribution is -2.31. The van der Waals surface area contributed by atoms with Gasteiger partial charge in [0.25, 0.3) is 0 Å². The lowest BCUT2D eigenvalue weighted by molar-refractivity contribution is 0.221. The van der Waals surface area contributed by atoms with Crippen molar-refractivity contribution in [3.8, 4) is 5.75 Å². The van der Waals surface area contributed by atoms with Crippen LogP contribution in [-0.4, -0.2) is 31.4 Å². The SMILES string of the molecule is COc1cc(Cl)c(C)cc1N1CCC(CO)C1C. The van der Waals surface area contributed by atoms with E-state index in [1.165, 1.54) is 0 Å². The van der Waals surface area contributed by atoms with E-state index in [4.69, 9.17) is 16.3 Å². The summed E-state index contributed by atoms with van der Waals surface area (Å²) in [6.45, 7) is 5.34. The van der Waals surface area contributed by atoms with Crippen molar-refractivity contribution in [3.63, 3.8) is 0 Å². The molecule has 18 heavy (non-hydrogen) atoms. The topological polar surface area (TPSA) is 32.7 Å².